The van der Waals surface area contributed by atoms with Crippen molar-refractivity contribution >= 4 is 5.69 Å². The predicted molar refractivity (Wildman–Crippen MR) is 59.1 cm³/mol. The normalized spacial score (nSPS) is 17.9. The second-order valence-corrected chi connectivity index (χ2v) is 3.73. The maximum absolute atomic E-state index is 8.78. The fourth-order valence-corrected chi connectivity index (χ4v) is 1.79. The molecule has 1 unspecified atom stereocenters. The van der Waals surface area contributed by atoms with Crippen molar-refractivity contribution < 1.29 is 4.74 Å². The molecule has 4 heteroatoms. The van der Waals surface area contributed by atoms with Crippen LogP contribution in [-0.2, 0) is 0 Å². The Morgan fingerprint density at radius 1 is 1.50 bits per heavy atom. The molecule has 0 saturated heterocycles. The zero-order chi connectivity index (χ0) is 11.5. The molecule has 0 spiro atoms. The van der Waals surface area contributed by atoms with Gasteiger partial charge in [0.2, 0.25) is 0 Å². The molecular weight excluding hydrogens is 202 g/mol. The quantitative estimate of drug-likeness (QED) is 0.712. The SMILES string of the molecule is CN1c2ccc(C#N)cc2OCC1CC#N. The monoisotopic (exact) mass is 213 g/mol. The zero-order valence-electron chi connectivity index (χ0n) is 8.97. The lowest BCUT2D eigenvalue weighted by atomic mass is 10.1. The van der Waals surface area contributed by atoms with Crippen LogP contribution in [-0.4, -0.2) is 19.7 Å². The minimum absolute atomic E-state index is 0.0884. The third kappa shape index (κ3) is 1.66. The topological polar surface area (TPSA) is 60.1 Å². The first kappa shape index (κ1) is 10.3. The van der Waals surface area contributed by atoms with Gasteiger partial charge >= 0.3 is 0 Å². The molecule has 0 aliphatic carbocycles. The highest BCUT2D eigenvalue weighted by Crippen LogP contribution is 2.34. The van der Waals surface area contributed by atoms with Crippen molar-refractivity contribution in [2.45, 2.75) is 12.5 Å². The first-order valence-corrected chi connectivity index (χ1v) is 5.03. The van der Waals surface area contributed by atoms with E-state index in [0.29, 0.717) is 18.6 Å². The number of likely N-dealkylation sites (N-methyl/N-ethyl adjacent to an activating group) is 1. The van der Waals surface area contributed by atoms with E-state index in [0.717, 1.165) is 11.4 Å². The van der Waals surface area contributed by atoms with E-state index in [1.165, 1.54) is 0 Å². The third-order valence-electron chi connectivity index (χ3n) is 2.77. The van der Waals surface area contributed by atoms with Crippen LogP contribution in [0.4, 0.5) is 5.69 Å². The van der Waals surface area contributed by atoms with Gasteiger partial charge < -0.3 is 9.64 Å². The Balaban J connectivity index is 2.33. The minimum atomic E-state index is 0.0884. The maximum atomic E-state index is 8.78. The molecule has 0 N–H and O–H groups in total. The largest absolute Gasteiger partial charge is 0.489 e. The highest BCUT2D eigenvalue weighted by atomic mass is 16.5. The molecule has 0 aromatic heterocycles. The van der Waals surface area contributed by atoms with E-state index in [9.17, 15) is 0 Å². The highest BCUT2D eigenvalue weighted by molar-refractivity contribution is 5.62. The molecule has 16 heavy (non-hydrogen) atoms. The molecule has 1 atom stereocenters. The van der Waals surface area contributed by atoms with Gasteiger partial charge in [0.15, 0.2) is 0 Å². The number of fused-ring (bicyclic) bond motifs is 1. The molecule has 1 aliphatic heterocycles. The van der Waals surface area contributed by atoms with E-state index >= 15 is 0 Å². The number of hydrogen-bond donors (Lipinski definition) is 0. The summed E-state index contributed by atoms with van der Waals surface area (Å²) in [6, 6.07) is 9.66. The van der Waals surface area contributed by atoms with Crippen LogP contribution in [0.3, 0.4) is 0 Å². The van der Waals surface area contributed by atoms with Gasteiger partial charge in [-0.3, -0.25) is 0 Å². The fourth-order valence-electron chi connectivity index (χ4n) is 1.79. The van der Waals surface area contributed by atoms with Gasteiger partial charge in [-0.1, -0.05) is 0 Å². The van der Waals surface area contributed by atoms with Crippen LogP contribution in [0, 0.1) is 22.7 Å². The van der Waals surface area contributed by atoms with E-state index in [1.807, 2.05) is 18.0 Å². The molecule has 2 rings (SSSR count). The summed E-state index contributed by atoms with van der Waals surface area (Å²) in [5.74, 6) is 0.718. The number of hydrogen-bond acceptors (Lipinski definition) is 4. The first-order valence-electron chi connectivity index (χ1n) is 5.03. The molecule has 0 bridgehead atoms. The van der Waals surface area contributed by atoms with Crippen molar-refractivity contribution in [3.8, 4) is 17.9 Å². The van der Waals surface area contributed by atoms with E-state index in [2.05, 4.69) is 12.1 Å². The van der Waals surface area contributed by atoms with Gasteiger partial charge in [-0.25, -0.2) is 0 Å². The minimum Gasteiger partial charge on any atom is -0.489 e. The van der Waals surface area contributed by atoms with Crippen LogP contribution in [0.15, 0.2) is 18.2 Å². The summed E-state index contributed by atoms with van der Waals surface area (Å²) in [4.78, 5) is 2.03. The second kappa shape index (κ2) is 4.12. The summed E-state index contributed by atoms with van der Waals surface area (Å²) in [6.45, 7) is 0.492. The maximum Gasteiger partial charge on any atom is 0.144 e. The van der Waals surface area contributed by atoms with Crippen LogP contribution in [0.5, 0.6) is 5.75 Å². The lowest BCUT2D eigenvalue weighted by molar-refractivity contribution is 0.268. The summed E-state index contributed by atoms with van der Waals surface area (Å²) in [6.07, 6.45) is 0.440. The number of nitriles is 2. The van der Waals surface area contributed by atoms with Gasteiger partial charge in [0.25, 0.3) is 0 Å². The summed E-state index contributed by atoms with van der Waals surface area (Å²) in [5.41, 5.74) is 1.52. The number of anilines is 1. The standard InChI is InChI=1S/C12H11N3O/c1-15-10(4-5-13)8-16-12-6-9(7-14)2-3-11(12)15/h2-3,6,10H,4,8H2,1H3. The average molecular weight is 213 g/mol. The van der Waals surface area contributed by atoms with Gasteiger partial charge in [0.1, 0.15) is 12.4 Å². The van der Waals surface area contributed by atoms with E-state index in [-0.39, 0.29) is 6.04 Å². The van der Waals surface area contributed by atoms with Crippen molar-refractivity contribution in [1.82, 2.24) is 0 Å². The van der Waals surface area contributed by atoms with Gasteiger partial charge in [-0.05, 0) is 12.1 Å². The zero-order valence-corrected chi connectivity index (χ0v) is 8.97. The molecule has 80 valence electrons. The van der Waals surface area contributed by atoms with Crippen molar-refractivity contribution in [2.24, 2.45) is 0 Å². The van der Waals surface area contributed by atoms with Gasteiger partial charge in [0.05, 0.1) is 35.9 Å². The Morgan fingerprint density at radius 2 is 2.31 bits per heavy atom. The lowest BCUT2D eigenvalue weighted by Crippen LogP contribution is -2.40. The van der Waals surface area contributed by atoms with Crippen LogP contribution in [0.2, 0.25) is 0 Å². The van der Waals surface area contributed by atoms with Crippen LogP contribution < -0.4 is 9.64 Å². The number of benzene rings is 1. The Kier molecular flexibility index (Phi) is 2.66. The van der Waals surface area contributed by atoms with Gasteiger partial charge in [-0.15, -0.1) is 0 Å². The first-order chi connectivity index (χ1) is 7.76. The summed E-state index contributed by atoms with van der Waals surface area (Å²) in [5, 5.41) is 17.5. The van der Waals surface area contributed by atoms with Gasteiger partial charge in [0, 0.05) is 13.1 Å². The number of rotatable bonds is 1. The average Bonchev–Trinajstić information content (AvgIpc) is 2.32. The summed E-state index contributed by atoms with van der Waals surface area (Å²) < 4.78 is 5.56. The van der Waals surface area contributed by atoms with Crippen LogP contribution in [0.25, 0.3) is 0 Å². The van der Waals surface area contributed by atoms with Crippen molar-refractivity contribution in [3.63, 3.8) is 0 Å². The predicted octanol–water partition coefficient (Wildman–Crippen LogP) is 1.67. The summed E-state index contributed by atoms with van der Waals surface area (Å²) >= 11 is 0. The van der Waals surface area contributed by atoms with Crippen LogP contribution in [0.1, 0.15) is 12.0 Å². The molecule has 1 aromatic carbocycles. The molecular formula is C12H11N3O. The Bertz CT molecular complexity index is 484. The van der Waals surface area contributed by atoms with Crippen molar-refractivity contribution in [3.05, 3.63) is 23.8 Å². The number of ether oxygens (including phenoxy) is 1. The van der Waals surface area contributed by atoms with Crippen molar-refractivity contribution in [2.75, 3.05) is 18.6 Å². The highest BCUT2D eigenvalue weighted by Gasteiger charge is 2.24. The summed E-state index contributed by atoms with van der Waals surface area (Å²) in [7, 11) is 1.94. The molecule has 1 heterocycles. The molecule has 4 nitrogen and oxygen atoms in total. The van der Waals surface area contributed by atoms with Gasteiger partial charge in [-0.2, -0.15) is 10.5 Å². The molecule has 0 radical (unpaired) electrons. The third-order valence-corrected chi connectivity index (χ3v) is 2.77. The van der Waals surface area contributed by atoms with Crippen LogP contribution >= 0.6 is 0 Å². The number of nitrogens with zero attached hydrogens (tertiary/aromatic N) is 3. The van der Waals surface area contributed by atoms with Crippen molar-refractivity contribution in [1.29, 1.82) is 10.5 Å². The van der Waals surface area contributed by atoms with E-state index < -0.39 is 0 Å². The fraction of sp³-hybridized carbons (Fsp3) is 0.333. The van der Waals surface area contributed by atoms with E-state index in [4.69, 9.17) is 15.3 Å². The second-order valence-electron chi connectivity index (χ2n) is 3.73. The molecule has 0 amide bonds. The molecule has 0 fully saturated rings. The lowest BCUT2D eigenvalue weighted by Gasteiger charge is -2.34. The Hall–Kier alpha value is -2.20. The van der Waals surface area contributed by atoms with E-state index in [1.54, 1.807) is 12.1 Å². The molecule has 0 saturated carbocycles. The molecule has 1 aliphatic rings. The molecule has 1 aromatic rings. The smallest absolute Gasteiger partial charge is 0.144 e. The Labute approximate surface area is 94.3 Å². The Morgan fingerprint density at radius 3 is 3.00 bits per heavy atom.